The molecule has 118 valence electrons. The Balaban J connectivity index is 2.05. The van der Waals surface area contributed by atoms with Gasteiger partial charge in [-0.15, -0.1) is 0 Å². The lowest BCUT2D eigenvalue weighted by molar-refractivity contribution is -0.156. The minimum atomic E-state index is -0.705. The van der Waals surface area contributed by atoms with Crippen LogP contribution in [-0.4, -0.2) is 25.0 Å². The summed E-state index contributed by atoms with van der Waals surface area (Å²) in [5.41, 5.74) is 2.05. The van der Waals surface area contributed by atoms with Crippen LogP contribution < -0.4 is 0 Å². The van der Waals surface area contributed by atoms with Crippen molar-refractivity contribution in [3.8, 4) is 0 Å². The fraction of sp³-hybridized carbons (Fsp3) is 0.250. The number of carbonyl (C=O) groups excluding carboxylic acids is 1. The predicted octanol–water partition coefficient (Wildman–Crippen LogP) is 3.71. The Morgan fingerprint density at radius 3 is 1.91 bits per heavy atom. The van der Waals surface area contributed by atoms with E-state index in [1.54, 1.807) is 0 Å². The van der Waals surface area contributed by atoms with Gasteiger partial charge < -0.3 is 9.64 Å². The van der Waals surface area contributed by atoms with Gasteiger partial charge in [-0.1, -0.05) is 60.7 Å². The molecule has 1 fully saturated rings. The van der Waals surface area contributed by atoms with Gasteiger partial charge in [0.25, 0.3) is 0 Å². The molecule has 1 aliphatic heterocycles. The highest BCUT2D eigenvalue weighted by Gasteiger charge is 2.42. The monoisotopic (exact) mass is 307 g/mol. The summed E-state index contributed by atoms with van der Waals surface area (Å²) in [6.07, 6.45) is 3.29. The fourth-order valence-electron chi connectivity index (χ4n) is 3.10. The molecule has 1 aliphatic rings. The van der Waals surface area contributed by atoms with Crippen LogP contribution in [0, 0.1) is 0 Å². The molecule has 3 nitrogen and oxygen atoms in total. The maximum atomic E-state index is 12.6. The van der Waals surface area contributed by atoms with Crippen LogP contribution in [0.3, 0.4) is 0 Å². The van der Waals surface area contributed by atoms with Crippen LogP contribution >= 0.6 is 0 Å². The molecule has 0 N–H and O–H groups in total. The zero-order valence-electron chi connectivity index (χ0n) is 13.5. The van der Waals surface area contributed by atoms with Crippen molar-refractivity contribution in [2.45, 2.75) is 18.4 Å². The summed E-state index contributed by atoms with van der Waals surface area (Å²) in [5, 5.41) is 0. The molecule has 3 rings (SSSR count). The SMILES string of the molecule is CN(C)/C=C1\CCC(c2ccccc2)(c2ccccc2)OC1=O. The lowest BCUT2D eigenvalue weighted by Crippen LogP contribution is -2.38. The third-order valence-corrected chi connectivity index (χ3v) is 4.17. The first-order valence-corrected chi connectivity index (χ1v) is 7.83. The number of ether oxygens (including phenoxy) is 1. The van der Waals surface area contributed by atoms with Crippen molar-refractivity contribution < 1.29 is 9.53 Å². The summed E-state index contributed by atoms with van der Waals surface area (Å²) in [5.74, 6) is -0.238. The van der Waals surface area contributed by atoms with E-state index in [-0.39, 0.29) is 5.97 Å². The average Bonchev–Trinajstić information content (AvgIpc) is 2.58. The summed E-state index contributed by atoms with van der Waals surface area (Å²) >= 11 is 0. The summed E-state index contributed by atoms with van der Waals surface area (Å²) in [4.78, 5) is 14.5. The Hall–Kier alpha value is -2.55. The first-order valence-electron chi connectivity index (χ1n) is 7.83. The highest BCUT2D eigenvalue weighted by Crippen LogP contribution is 2.42. The number of hydrogen-bond acceptors (Lipinski definition) is 3. The molecule has 2 aromatic carbocycles. The lowest BCUT2D eigenvalue weighted by atomic mass is 9.79. The van der Waals surface area contributed by atoms with Gasteiger partial charge in [0.05, 0.1) is 5.57 Å². The number of hydrogen-bond donors (Lipinski definition) is 0. The average molecular weight is 307 g/mol. The van der Waals surface area contributed by atoms with E-state index in [0.717, 1.165) is 23.1 Å². The lowest BCUT2D eigenvalue weighted by Gasteiger charge is -2.38. The second kappa shape index (κ2) is 6.29. The molecule has 0 aromatic heterocycles. The normalized spacial score (nSPS) is 18.5. The van der Waals surface area contributed by atoms with Crippen molar-refractivity contribution in [1.82, 2.24) is 4.90 Å². The third-order valence-electron chi connectivity index (χ3n) is 4.17. The van der Waals surface area contributed by atoms with Crippen molar-refractivity contribution in [3.05, 3.63) is 83.6 Å². The van der Waals surface area contributed by atoms with Gasteiger partial charge in [0.1, 0.15) is 0 Å². The molecule has 3 heteroatoms. The minimum Gasteiger partial charge on any atom is -0.446 e. The number of nitrogens with zero attached hydrogens (tertiary/aromatic N) is 1. The molecular formula is C20H21NO2. The molecule has 1 heterocycles. The van der Waals surface area contributed by atoms with Gasteiger partial charge in [-0.2, -0.15) is 0 Å². The van der Waals surface area contributed by atoms with E-state index in [0.29, 0.717) is 6.42 Å². The van der Waals surface area contributed by atoms with Crippen LogP contribution in [0.2, 0.25) is 0 Å². The van der Waals surface area contributed by atoms with Crippen molar-refractivity contribution in [2.75, 3.05) is 14.1 Å². The first-order chi connectivity index (χ1) is 11.1. The number of rotatable bonds is 3. The van der Waals surface area contributed by atoms with Gasteiger partial charge in [0.15, 0.2) is 5.60 Å². The van der Waals surface area contributed by atoms with Crippen molar-refractivity contribution in [3.63, 3.8) is 0 Å². The molecule has 23 heavy (non-hydrogen) atoms. The Kier molecular flexibility index (Phi) is 4.20. The van der Waals surface area contributed by atoms with E-state index in [4.69, 9.17) is 4.74 Å². The fourth-order valence-corrected chi connectivity index (χ4v) is 3.10. The maximum absolute atomic E-state index is 12.6. The highest BCUT2D eigenvalue weighted by atomic mass is 16.6. The first kappa shape index (κ1) is 15.3. The van der Waals surface area contributed by atoms with E-state index >= 15 is 0 Å². The van der Waals surface area contributed by atoms with Crippen molar-refractivity contribution in [2.24, 2.45) is 0 Å². The van der Waals surface area contributed by atoms with Crippen LogP contribution in [0.1, 0.15) is 24.0 Å². The molecule has 0 saturated carbocycles. The van der Waals surface area contributed by atoms with E-state index in [2.05, 4.69) is 0 Å². The second-order valence-electron chi connectivity index (χ2n) is 6.07. The van der Waals surface area contributed by atoms with E-state index in [1.165, 1.54) is 0 Å². The van der Waals surface area contributed by atoms with E-state index in [1.807, 2.05) is 85.9 Å². The molecule has 1 saturated heterocycles. The number of benzene rings is 2. The highest BCUT2D eigenvalue weighted by molar-refractivity contribution is 5.90. The summed E-state index contributed by atoms with van der Waals surface area (Å²) in [7, 11) is 3.83. The van der Waals surface area contributed by atoms with Crippen molar-refractivity contribution in [1.29, 1.82) is 0 Å². The molecule has 0 bridgehead atoms. The van der Waals surface area contributed by atoms with Gasteiger partial charge in [-0.05, 0) is 6.42 Å². The predicted molar refractivity (Wildman–Crippen MR) is 90.8 cm³/mol. The second-order valence-corrected chi connectivity index (χ2v) is 6.07. The number of esters is 1. The molecular weight excluding hydrogens is 286 g/mol. The van der Waals surface area contributed by atoms with Crippen LogP contribution in [0.4, 0.5) is 0 Å². The molecule has 0 spiro atoms. The Labute approximate surface area is 137 Å². The zero-order chi connectivity index (χ0) is 16.3. The van der Waals surface area contributed by atoms with Crippen LogP contribution in [-0.2, 0) is 15.1 Å². The molecule has 0 unspecified atom stereocenters. The summed E-state index contributed by atoms with van der Waals surface area (Å²) in [6.45, 7) is 0. The number of carbonyl (C=O) groups is 1. The summed E-state index contributed by atoms with van der Waals surface area (Å²) < 4.78 is 6.03. The van der Waals surface area contributed by atoms with E-state index in [9.17, 15) is 4.79 Å². The van der Waals surface area contributed by atoms with Gasteiger partial charge in [0.2, 0.25) is 0 Å². The van der Waals surface area contributed by atoms with Gasteiger partial charge in [0, 0.05) is 37.8 Å². The quantitative estimate of drug-likeness (QED) is 0.639. The minimum absolute atomic E-state index is 0.238. The van der Waals surface area contributed by atoms with E-state index < -0.39 is 5.60 Å². The Morgan fingerprint density at radius 2 is 1.48 bits per heavy atom. The molecule has 0 aliphatic carbocycles. The zero-order valence-corrected chi connectivity index (χ0v) is 13.5. The van der Waals surface area contributed by atoms with Crippen LogP contribution in [0.25, 0.3) is 0 Å². The Morgan fingerprint density at radius 1 is 0.957 bits per heavy atom. The smallest absolute Gasteiger partial charge is 0.336 e. The molecule has 2 aromatic rings. The molecule has 0 amide bonds. The van der Waals surface area contributed by atoms with Crippen molar-refractivity contribution >= 4 is 5.97 Å². The van der Waals surface area contributed by atoms with Gasteiger partial charge in [-0.3, -0.25) is 0 Å². The number of cyclic esters (lactones) is 1. The van der Waals surface area contributed by atoms with Crippen LogP contribution in [0.5, 0.6) is 0 Å². The van der Waals surface area contributed by atoms with Gasteiger partial charge in [-0.25, -0.2) is 4.79 Å². The standard InChI is InChI=1S/C20H21NO2/c1-21(2)15-16-13-14-20(23-19(16)22,17-9-5-3-6-10-17)18-11-7-4-8-12-18/h3-12,15H,13-14H2,1-2H3/b16-15+. The largest absolute Gasteiger partial charge is 0.446 e. The summed E-state index contributed by atoms with van der Waals surface area (Å²) in [6, 6.07) is 20.0. The Bertz CT molecular complexity index is 665. The molecule has 0 atom stereocenters. The third kappa shape index (κ3) is 3.00. The maximum Gasteiger partial charge on any atom is 0.336 e. The van der Waals surface area contributed by atoms with Gasteiger partial charge >= 0.3 is 5.97 Å². The topological polar surface area (TPSA) is 29.5 Å². The van der Waals surface area contributed by atoms with Crippen LogP contribution in [0.15, 0.2) is 72.4 Å². The molecule has 0 radical (unpaired) electrons.